The molecule has 96 valence electrons. The molecule has 0 bridgehead atoms. The average Bonchev–Trinajstić information content (AvgIpc) is 2.38. The highest BCUT2D eigenvalue weighted by atomic mass is 16.5. The number of nitrogens with zero attached hydrogens (tertiary/aromatic N) is 1. The van der Waals surface area contributed by atoms with E-state index in [1.165, 1.54) is 0 Å². The van der Waals surface area contributed by atoms with Crippen molar-refractivity contribution >= 4 is 11.6 Å². The smallest absolute Gasteiger partial charge is 0.224 e. The van der Waals surface area contributed by atoms with E-state index in [2.05, 4.69) is 11.4 Å². The van der Waals surface area contributed by atoms with E-state index in [0.29, 0.717) is 19.4 Å². The maximum Gasteiger partial charge on any atom is 0.224 e. The van der Waals surface area contributed by atoms with Gasteiger partial charge in [0.2, 0.25) is 5.91 Å². The van der Waals surface area contributed by atoms with Crippen LogP contribution < -0.4 is 10.1 Å². The van der Waals surface area contributed by atoms with Crippen LogP contribution in [-0.4, -0.2) is 12.5 Å². The number of nitrogens with one attached hydrogen (secondary N) is 1. The van der Waals surface area contributed by atoms with E-state index >= 15 is 0 Å². The second kappa shape index (κ2) is 7.33. The second-order valence-corrected chi connectivity index (χ2v) is 4.07. The predicted octanol–water partition coefficient (Wildman–Crippen LogP) is 2.96. The largest absolute Gasteiger partial charge is 0.494 e. The van der Waals surface area contributed by atoms with Crippen molar-refractivity contribution in [2.45, 2.75) is 26.7 Å². The summed E-state index contributed by atoms with van der Waals surface area (Å²) in [5.74, 6) is 0.631. The van der Waals surface area contributed by atoms with Gasteiger partial charge in [-0.3, -0.25) is 4.79 Å². The summed E-state index contributed by atoms with van der Waals surface area (Å²) >= 11 is 0. The van der Waals surface area contributed by atoms with Crippen LogP contribution in [0.2, 0.25) is 0 Å². The van der Waals surface area contributed by atoms with E-state index in [1.807, 2.05) is 26.0 Å². The minimum absolute atomic E-state index is 0.0683. The van der Waals surface area contributed by atoms with Gasteiger partial charge in [0.15, 0.2) is 0 Å². The normalized spacial score (nSPS) is 11.4. The quantitative estimate of drug-likeness (QED) is 0.839. The lowest BCUT2D eigenvalue weighted by Crippen LogP contribution is -2.12. The maximum atomic E-state index is 11.6. The Bertz CT molecular complexity index is 420. The fourth-order valence-electron chi connectivity index (χ4n) is 1.44. The van der Waals surface area contributed by atoms with Gasteiger partial charge >= 0.3 is 0 Å². The maximum absolute atomic E-state index is 11.6. The molecule has 0 radical (unpaired) electrons. The minimum Gasteiger partial charge on any atom is -0.494 e. The van der Waals surface area contributed by atoms with Crippen molar-refractivity contribution in [1.82, 2.24) is 0 Å². The van der Waals surface area contributed by atoms with Crippen LogP contribution in [0.5, 0.6) is 5.75 Å². The molecule has 4 heteroatoms. The number of nitriles is 1. The Morgan fingerprint density at radius 2 is 2.11 bits per heavy atom. The first-order chi connectivity index (χ1) is 8.65. The van der Waals surface area contributed by atoms with Crippen molar-refractivity contribution in [3.8, 4) is 11.8 Å². The van der Waals surface area contributed by atoms with E-state index in [1.54, 1.807) is 12.1 Å². The van der Waals surface area contributed by atoms with Crippen LogP contribution in [0, 0.1) is 17.2 Å². The van der Waals surface area contributed by atoms with Crippen LogP contribution in [0.25, 0.3) is 0 Å². The van der Waals surface area contributed by atoms with Gasteiger partial charge in [0.25, 0.3) is 0 Å². The zero-order valence-corrected chi connectivity index (χ0v) is 10.8. The number of rotatable bonds is 6. The lowest BCUT2D eigenvalue weighted by molar-refractivity contribution is -0.116. The van der Waals surface area contributed by atoms with Gasteiger partial charge in [-0.1, -0.05) is 0 Å². The monoisotopic (exact) mass is 246 g/mol. The number of carbonyl (C=O) groups excluding carboxylic acids is 1. The number of hydrogen-bond donors (Lipinski definition) is 1. The molecule has 0 aliphatic carbocycles. The van der Waals surface area contributed by atoms with E-state index in [4.69, 9.17) is 10.00 Å². The summed E-state index contributed by atoms with van der Waals surface area (Å²) in [5.41, 5.74) is 0.744. The van der Waals surface area contributed by atoms with Crippen molar-refractivity contribution in [2.75, 3.05) is 11.9 Å². The van der Waals surface area contributed by atoms with Crippen molar-refractivity contribution in [3.05, 3.63) is 24.3 Å². The Balaban J connectivity index is 2.42. The Morgan fingerprint density at radius 3 is 2.67 bits per heavy atom. The summed E-state index contributed by atoms with van der Waals surface area (Å²) < 4.78 is 5.31. The van der Waals surface area contributed by atoms with Crippen molar-refractivity contribution in [1.29, 1.82) is 5.26 Å². The van der Waals surface area contributed by atoms with Crippen LogP contribution in [0.15, 0.2) is 24.3 Å². The Hall–Kier alpha value is -2.02. The predicted molar refractivity (Wildman–Crippen MR) is 70.3 cm³/mol. The summed E-state index contributed by atoms with van der Waals surface area (Å²) in [6.45, 7) is 4.36. The zero-order chi connectivity index (χ0) is 13.4. The molecule has 1 N–H and O–H groups in total. The fraction of sp³-hybridized carbons (Fsp3) is 0.429. The first-order valence-electron chi connectivity index (χ1n) is 6.08. The van der Waals surface area contributed by atoms with Crippen molar-refractivity contribution in [3.63, 3.8) is 0 Å². The highest BCUT2D eigenvalue weighted by Crippen LogP contribution is 2.16. The topological polar surface area (TPSA) is 62.1 Å². The van der Waals surface area contributed by atoms with Crippen molar-refractivity contribution in [2.24, 2.45) is 5.92 Å². The second-order valence-electron chi connectivity index (χ2n) is 4.07. The van der Waals surface area contributed by atoms with E-state index in [9.17, 15) is 4.79 Å². The number of benzene rings is 1. The molecule has 0 aliphatic heterocycles. The van der Waals surface area contributed by atoms with E-state index in [0.717, 1.165) is 11.4 Å². The molecular weight excluding hydrogens is 228 g/mol. The number of ether oxygens (including phenoxy) is 1. The molecule has 1 unspecified atom stereocenters. The van der Waals surface area contributed by atoms with Crippen LogP contribution in [0.4, 0.5) is 5.69 Å². The highest BCUT2D eigenvalue weighted by Gasteiger charge is 2.06. The Kier molecular flexibility index (Phi) is 5.72. The third-order valence-corrected chi connectivity index (χ3v) is 2.47. The Morgan fingerprint density at radius 1 is 1.44 bits per heavy atom. The fourth-order valence-corrected chi connectivity index (χ4v) is 1.44. The SMILES string of the molecule is CCOc1ccc(NC(=O)CCC(C)C#N)cc1. The van der Waals surface area contributed by atoms with Gasteiger partial charge in [-0.15, -0.1) is 0 Å². The zero-order valence-electron chi connectivity index (χ0n) is 10.8. The molecule has 4 nitrogen and oxygen atoms in total. The van der Waals surface area contributed by atoms with Crippen molar-refractivity contribution < 1.29 is 9.53 Å². The van der Waals surface area contributed by atoms with Gasteiger partial charge in [0.05, 0.1) is 12.7 Å². The van der Waals surface area contributed by atoms with Crippen LogP contribution in [0.3, 0.4) is 0 Å². The summed E-state index contributed by atoms with van der Waals surface area (Å²) in [4.78, 5) is 11.6. The molecule has 0 saturated carbocycles. The summed E-state index contributed by atoms with van der Waals surface area (Å²) in [6.07, 6.45) is 0.946. The van der Waals surface area contributed by atoms with Gasteiger partial charge in [0, 0.05) is 18.0 Å². The van der Waals surface area contributed by atoms with Crippen LogP contribution in [-0.2, 0) is 4.79 Å². The highest BCUT2D eigenvalue weighted by molar-refractivity contribution is 5.90. The molecule has 0 spiro atoms. The number of amides is 1. The average molecular weight is 246 g/mol. The molecule has 1 amide bonds. The third-order valence-electron chi connectivity index (χ3n) is 2.47. The molecule has 0 aliphatic rings. The molecule has 1 atom stereocenters. The molecule has 0 fully saturated rings. The number of hydrogen-bond acceptors (Lipinski definition) is 3. The van der Waals surface area contributed by atoms with E-state index < -0.39 is 0 Å². The van der Waals surface area contributed by atoms with Crippen LogP contribution in [0.1, 0.15) is 26.7 Å². The first-order valence-corrected chi connectivity index (χ1v) is 6.08. The Labute approximate surface area is 108 Å². The molecule has 0 saturated heterocycles. The first kappa shape index (κ1) is 14.0. The molecule has 0 aromatic heterocycles. The molecule has 1 rings (SSSR count). The van der Waals surface area contributed by atoms with Gasteiger partial charge < -0.3 is 10.1 Å². The minimum atomic E-state index is -0.0870. The summed E-state index contributed by atoms with van der Waals surface area (Å²) in [6, 6.07) is 9.35. The summed E-state index contributed by atoms with van der Waals surface area (Å²) in [5, 5.41) is 11.4. The third kappa shape index (κ3) is 4.88. The number of anilines is 1. The van der Waals surface area contributed by atoms with E-state index in [-0.39, 0.29) is 11.8 Å². The van der Waals surface area contributed by atoms with Gasteiger partial charge in [-0.25, -0.2) is 0 Å². The van der Waals surface area contributed by atoms with Gasteiger partial charge in [-0.2, -0.15) is 5.26 Å². The molecular formula is C14H18N2O2. The van der Waals surface area contributed by atoms with Gasteiger partial charge in [-0.05, 0) is 44.5 Å². The van der Waals surface area contributed by atoms with Crippen LogP contribution >= 0.6 is 0 Å². The molecule has 0 heterocycles. The standard InChI is InChI=1S/C14H18N2O2/c1-3-18-13-7-5-12(6-8-13)16-14(17)9-4-11(2)10-15/h5-8,11H,3-4,9H2,1-2H3,(H,16,17). The lowest BCUT2D eigenvalue weighted by atomic mass is 10.1. The summed E-state index contributed by atoms with van der Waals surface area (Å²) in [7, 11) is 0. The molecule has 1 aromatic rings. The van der Waals surface area contributed by atoms with Gasteiger partial charge in [0.1, 0.15) is 5.75 Å². The number of carbonyl (C=O) groups is 1. The molecule has 1 aromatic carbocycles. The lowest BCUT2D eigenvalue weighted by Gasteiger charge is -2.07. The molecule has 18 heavy (non-hydrogen) atoms.